The molecule has 0 heterocycles. The van der Waals surface area contributed by atoms with Crippen LogP contribution in [0.15, 0.2) is 11.3 Å². The number of hydrogen-bond acceptors (Lipinski definition) is 4. The number of esters is 1. The second-order valence-electron chi connectivity index (χ2n) is 2.77. The van der Waals surface area contributed by atoms with Gasteiger partial charge in [-0.25, -0.2) is 4.79 Å². The quantitative estimate of drug-likeness (QED) is 0.215. The Labute approximate surface area is 95.8 Å². The van der Waals surface area contributed by atoms with Crippen LogP contribution in [0.2, 0.25) is 0 Å². The molecule has 0 rings (SSSR count). The molecule has 0 fully saturated rings. The Balaban J connectivity index is 5.76. The number of hydrogen-bond donors (Lipinski definition) is 1. The minimum atomic E-state index is -5.75. The number of allylic oxidation sites excluding steroid dienone is 1. The van der Waals surface area contributed by atoms with Crippen molar-refractivity contribution in [1.82, 2.24) is 0 Å². The SMILES string of the molecule is CCOC(=O)/C(C(=O)C(F)(F)F)=C(\O)C(F)(F)F. The molecule has 1 N–H and O–H groups in total. The predicted octanol–water partition coefficient (Wildman–Crippen LogP) is 2.06. The molecular formula is C8H6F6O4. The highest BCUT2D eigenvalue weighted by molar-refractivity contribution is 6.19. The van der Waals surface area contributed by atoms with Gasteiger partial charge in [-0.05, 0) is 6.92 Å². The highest BCUT2D eigenvalue weighted by Gasteiger charge is 2.50. The monoisotopic (exact) mass is 280 g/mol. The standard InChI is InChI=1S/C8H6F6O4/c1-2-18-6(17)3(4(15)7(9,10)11)5(16)8(12,13)14/h15H,2H2,1H3/b4-3-. The molecule has 0 unspecified atom stereocenters. The Kier molecular flexibility index (Phi) is 4.76. The summed E-state index contributed by atoms with van der Waals surface area (Å²) >= 11 is 0. The van der Waals surface area contributed by atoms with E-state index in [-0.39, 0.29) is 0 Å². The van der Waals surface area contributed by atoms with Crippen LogP contribution in [0, 0.1) is 0 Å². The molecule has 4 nitrogen and oxygen atoms in total. The van der Waals surface area contributed by atoms with Gasteiger partial charge in [0.05, 0.1) is 6.61 Å². The van der Waals surface area contributed by atoms with E-state index in [0.29, 0.717) is 0 Å². The number of Topliss-reactive ketones (excluding diaryl/α,β-unsaturated/α-hetero) is 1. The molecule has 0 radical (unpaired) electrons. The minimum Gasteiger partial charge on any atom is -0.504 e. The first kappa shape index (κ1) is 16.3. The Hall–Kier alpha value is -1.74. The summed E-state index contributed by atoms with van der Waals surface area (Å²) < 4.78 is 75.8. The average Bonchev–Trinajstić information content (AvgIpc) is 2.15. The number of halogens is 6. The van der Waals surface area contributed by atoms with E-state index in [4.69, 9.17) is 5.11 Å². The van der Waals surface area contributed by atoms with Gasteiger partial charge in [-0.15, -0.1) is 0 Å². The van der Waals surface area contributed by atoms with Crippen LogP contribution in [0.1, 0.15) is 6.92 Å². The number of rotatable bonds is 3. The van der Waals surface area contributed by atoms with Crippen LogP contribution >= 0.6 is 0 Å². The van der Waals surface area contributed by atoms with E-state index >= 15 is 0 Å². The van der Waals surface area contributed by atoms with E-state index < -0.39 is 42.0 Å². The molecule has 0 aromatic carbocycles. The van der Waals surface area contributed by atoms with Crippen molar-refractivity contribution < 1.29 is 45.8 Å². The molecule has 10 heteroatoms. The minimum absolute atomic E-state index is 0.571. The first-order chi connectivity index (χ1) is 7.92. The Morgan fingerprint density at radius 2 is 1.50 bits per heavy atom. The summed E-state index contributed by atoms with van der Waals surface area (Å²) in [5, 5.41) is 8.51. The zero-order valence-corrected chi connectivity index (χ0v) is 8.65. The van der Waals surface area contributed by atoms with Crippen LogP contribution in [0.4, 0.5) is 26.3 Å². The van der Waals surface area contributed by atoms with Gasteiger partial charge in [-0.1, -0.05) is 0 Å². The van der Waals surface area contributed by atoms with E-state index in [0.717, 1.165) is 6.92 Å². The van der Waals surface area contributed by atoms with Crippen molar-refractivity contribution in [2.45, 2.75) is 19.3 Å². The van der Waals surface area contributed by atoms with E-state index in [1.165, 1.54) is 0 Å². The van der Waals surface area contributed by atoms with Crippen molar-refractivity contribution >= 4 is 11.8 Å². The van der Waals surface area contributed by atoms with Gasteiger partial charge in [0.15, 0.2) is 5.57 Å². The van der Waals surface area contributed by atoms with Crippen molar-refractivity contribution in [2.24, 2.45) is 0 Å². The average molecular weight is 280 g/mol. The third kappa shape index (κ3) is 3.93. The van der Waals surface area contributed by atoms with Crippen molar-refractivity contribution in [3.63, 3.8) is 0 Å². The Morgan fingerprint density at radius 1 is 1.06 bits per heavy atom. The summed E-state index contributed by atoms with van der Waals surface area (Å²) in [6, 6.07) is 0. The first-order valence-electron chi connectivity index (χ1n) is 4.22. The van der Waals surface area contributed by atoms with Gasteiger partial charge in [0, 0.05) is 0 Å². The highest BCUT2D eigenvalue weighted by Crippen LogP contribution is 2.30. The third-order valence-corrected chi connectivity index (χ3v) is 1.47. The number of aliphatic hydroxyl groups is 1. The van der Waals surface area contributed by atoms with Gasteiger partial charge in [0.2, 0.25) is 5.76 Å². The molecule has 0 spiro atoms. The summed E-state index contributed by atoms with van der Waals surface area (Å²) in [5.41, 5.74) is -2.49. The molecule has 0 aliphatic rings. The second kappa shape index (κ2) is 5.27. The number of carbonyl (C=O) groups is 2. The van der Waals surface area contributed by atoms with Gasteiger partial charge in [0.25, 0.3) is 5.78 Å². The zero-order valence-electron chi connectivity index (χ0n) is 8.65. The molecule has 0 atom stereocenters. The van der Waals surface area contributed by atoms with Gasteiger partial charge in [-0.3, -0.25) is 4.79 Å². The molecule has 0 aromatic rings. The highest BCUT2D eigenvalue weighted by atomic mass is 19.4. The predicted molar refractivity (Wildman–Crippen MR) is 43.4 cm³/mol. The molecular weight excluding hydrogens is 274 g/mol. The van der Waals surface area contributed by atoms with Crippen molar-refractivity contribution in [3.8, 4) is 0 Å². The van der Waals surface area contributed by atoms with Gasteiger partial charge < -0.3 is 9.84 Å². The molecule has 0 amide bonds. The molecule has 0 saturated heterocycles. The maximum absolute atomic E-state index is 12.0. The molecule has 0 aromatic heterocycles. The van der Waals surface area contributed by atoms with Crippen molar-refractivity contribution in [1.29, 1.82) is 0 Å². The lowest BCUT2D eigenvalue weighted by Gasteiger charge is -2.12. The number of ether oxygens (including phenoxy) is 1. The lowest BCUT2D eigenvalue weighted by atomic mass is 10.1. The maximum atomic E-state index is 12.0. The number of alkyl halides is 6. The maximum Gasteiger partial charge on any atom is 0.455 e. The number of ketones is 1. The van der Waals surface area contributed by atoms with E-state index in [9.17, 15) is 35.9 Å². The summed E-state index contributed by atoms with van der Waals surface area (Å²) in [4.78, 5) is 21.5. The van der Waals surface area contributed by atoms with Gasteiger partial charge in [-0.2, -0.15) is 26.3 Å². The van der Waals surface area contributed by atoms with Crippen LogP contribution in [0.25, 0.3) is 0 Å². The molecule has 0 saturated carbocycles. The van der Waals surface area contributed by atoms with E-state index in [1.54, 1.807) is 0 Å². The summed E-state index contributed by atoms with van der Waals surface area (Å²) in [5.74, 6) is -8.27. The third-order valence-electron chi connectivity index (χ3n) is 1.47. The number of aliphatic hydroxyl groups excluding tert-OH is 1. The van der Waals surface area contributed by atoms with Crippen molar-refractivity contribution in [3.05, 3.63) is 11.3 Å². The van der Waals surface area contributed by atoms with Crippen LogP contribution in [-0.2, 0) is 14.3 Å². The van der Waals surface area contributed by atoms with Crippen LogP contribution in [0.3, 0.4) is 0 Å². The van der Waals surface area contributed by atoms with Crippen LogP contribution < -0.4 is 0 Å². The zero-order chi connectivity index (χ0) is 14.7. The topological polar surface area (TPSA) is 63.6 Å². The Morgan fingerprint density at radius 3 is 1.78 bits per heavy atom. The van der Waals surface area contributed by atoms with Gasteiger partial charge in [0.1, 0.15) is 0 Å². The van der Waals surface area contributed by atoms with Crippen molar-refractivity contribution in [2.75, 3.05) is 6.61 Å². The fourth-order valence-corrected chi connectivity index (χ4v) is 0.784. The summed E-state index contributed by atoms with van der Waals surface area (Å²) in [6.07, 6.45) is -11.4. The largest absolute Gasteiger partial charge is 0.504 e. The van der Waals surface area contributed by atoms with Crippen LogP contribution in [0.5, 0.6) is 0 Å². The summed E-state index contributed by atoms with van der Waals surface area (Å²) in [6.45, 7) is 0.525. The second-order valence-corrected chi connectivity index (χ2v) is 2.77. The first-order valence-corrected chi connectivity index (χ1v) is 4.22. The molecule has 104 valence electrons. The number of carbonyl (C=O) groups excluding carboxylic acids is 2. The van der Waals surface area contributed by atoms with E-state index in [2.05, 4.69) is 4.74 Å². The molecule has 0 aliphatic carbocycles. The summed E-state index contributed by atoms with van der Waals surface area (Å²) in [7, 11) is 0. The lowest BCUT2D eigenvalue weighted by Crippen LogP contribution is -2.33. The molecule has 18 heavy (non-hydrogen) atoms. The Bertz CT molecular complexity index is 378. The fourth-order valence-electron chi connectivity index (χ4n) is 0.784. The van der Waals surface area contributed by atoms with E-state index in [1.807, 2.05) is 0 Å². The lowest BCUT2D eigenvalue weighted by molar-refractivity contribution is -0.171. The smallest absolute Gasteiger partial charge is 0.455 e. The van der Waals surface area contributed by atoms with Crippen LogP contribution in [-0.4, -0.2) is 35.8 Å². The normalized spacial score (nSPS) is 13.9. The van der Waals surface area contributed by atoms with Gasteiger partial charge >= 0.3 is 18.3 Å². The molecule has 0 bridgehead atoms. The molecule has 0 aliphatic heterocycles. The fraction of sp³-hybridized carbons (Fsp3) is 0.500.